The molecule has 19 heteroatoms. The quantitative estimate of drug-likeness (QED) is 0.0222. The molecular formula is C80H156O17P2. The van der Waals surface area contributed by atoms with E-state index in [0.29, 0.717) is 25.7 Å². The molecule has 0 saturated heterocycles. The SMILES string of the molecule is CCCCCCCCCCCCCCCCCCCCCCC(=O)O[C@H](COC(=O)CCCCCCCCCCCCCCCCCC(C)C)COP(=O)(O)OC[C@@H](O)COP(=O)(O)OC[C@@H](COC(=O)CCCCCCCCCC)OC(=O)CCCCCCCCCCCCCCC. The Bertz CT molecular complexity index is 1890. The van der Waals surface area contributed by atoms with Gasteiger partial charge in [0.1, 0.15) is 19.3 Å². The summed E-state index contributed by atoms with van der Waals surface area (Å²) >= 11 is 0. The van der Waals surface area contributed by atoms with Crippen LogP contribution in [-0.2, 0) is 65.4 Å². The van der Waals surface area contributed by atoms with Crippen molar-refractivity contribution in [3.8, 4) is 0 Å². The van der Waals surface area contributed by atoms with Crippen LogP contribution >= 0.6 is 15.6 Å². The number of phosphoric ester groups is 2. The molecule has 0 aliphatic carbocycles. The number of hydrogen-bond acceptors (Lipinski definition) is 15. The molecule has 0 fully saturated rings. The van der Waals surface area contributed by atoms with E-state index >= 15 is 0 Å². The standard InChI is InChI=1S/C80H156O17P2/c1-6-9-12-15-18-21-23-25-26-27-28-29-30-33-38-42-46-51-56-61-66-80(85)97-76(70-91-78(83)64-59-54-49-44-40-37-34-31-32-36-39-43-47-52-57-62-73(4)5)72-95-99(88,89)93-68-74(81)67-92-98(86,87)94-71-75(69-90-77(82)63-58-53-48-20-17-14-11-8-3)96-79(84)65-60-55-50-45-41-35-24-22-19-16-13-10-7-2/h73-76,81H,6-72H2,1-5H3,(H,86,87)(H,88,89)/t74-,75+,76+/m0/s1. The number of aliphatic hydroxyl groups is 1. The fraction of sp³-hybridized carbons (Fsp3) is 0.950. The Labute approximate surface area is 607 Å². The normalized spacial score (nSPS) is 13.9. The molecule has 99 heavy (non-hydrogen) atoms. The van der Waals surface area contributed by atoms with E-state index in [-0.39, 0.29) is 25.7 Å². The zero-order valence-electron chi connectivity index (χ0n) is 64.6. The van der Waals surface area contributed by atoms with Gasteiger partial charge in [-0.3, -0.25) is 37.3 Å². The molecule has 2 unspecified atom stereocenters. The van der Waals surface area contributed by atoms with Crippen LogP contribution in [0.15, 0.2) is 0 Å². The maximum absolute atomic E-state index is 13.1. The van der Waals surface area contributed by atoms with E-state index in [2.05, 4.69) is 34.6 Å². The first-order valence-corrected chi connectivity index (χ1v) is 44.6. The smallest absolute Gasteiger partial charge is 0.462 e. The first kappa shape index (κ1) is 97.1. The number of ether oxygens (including phenoxy) is 4. The Morgan fingerprint density at radius 2 is 0.465 bits per heavy atom. The van der Waals surface area contributed by atoms with Crippen LogP contribution in [-0.4, -0.2) is 96.7 Å². The Kier molecular flexibility index (Phi) is 71.6. The fourth-order valence-electron chi connectivity index (χ4n) is 12.4. The van der Waals surface area contributed by atoms with Gasteiger partial charge in [0.25, 0.3) is 0 Å². The van der Waals surface area contributed by atoms with Crippen molar-refractivity contribution < 1.29 is 80.2 Å². The van der Waals surface area contributed by atoms with E-state index in [4.69, 9.17) is 37.0 Å². The second-order valence-corrected chi connectivity index (χ2v) is 32.2. The molecule has 0 radical (unpaired) electrons. The van der Waals surface area contributed by atoms with Gasteiger partial charge in [0.05, 0.1) is 26.4 Å². The van der Waals surface area contributed by atoms with Gasteiger partial charge in [-0.1, -0.05) is 375 Å². The molecule has 17 nitrogen and oxygen atoms in total. The molecule has 0 saturated carbocycles. The summed E-state index contributed by atoms with van der Waals surface area (Å²) in [6.07, 6.45) is 63.9. The summed E-state index contributed by atoms with van der Waals surface area (Å²) in [4.78, 5) is 72.9. The lowest BCUT2D eigenvalue weighted by molar-refractivity contribution is -0.161. The highest BCUT2D eigenvalue weighted by molar-refractivity contribution is 7.47. The molecule has 0 aromatic carbocycles. The molecule has 0 aromatic heterocycles. The van der Waals surface area contributed by atoms with Gasteiger partial charge in [0, 0.05) is 25.7 Å². The first-order chi connectivity index (χ1) is 48.0. The predicted molar refractivity (Wildman–Crippen MR) is 405 cm³/mol. The van der Waals surface area contributed by atoms with Gasteiger partial charge in [-0.25, -0.2) is 9.13 Å². The molecule has 0 aliphatic heterocycles. The minimum atomic E-state index is -4.96. The van der Waals surface area contributed by atoms with Gasteiger partial charge in [-0.15, -0.1) is 0 Å². The van der Waals surface area contributed by atoms with Gasteiger partial charge < -0.3 is 33.8 Å². The van der Waals surface area contributed by atoms with E-state index in [1.807, 2.05) is 0 Å². The number of carbonyl (C=O) groups is 4. The van der Waals surface area contributed by atoms with Crippen molar-refractivity contribution >= 4 is 39.5 Å². The largest absolute Gasteiger partial charge is 0.472 e. The van der Waals surface area contributed by atoms with Crippen LogP contribution in [0.1, 0.15) is 426 Å². The fourth-order valence-corrected chi connectivity index (χ4v) is 14.0. The summed E-state index contributed by atoms with van der Waals surface area (Å²) in [7, 11) is -9.91. The van der Waals surface area contributed by atoms with Crippen LogP contribution in [0, 0.1) is 5.92 Å². The van der Waals surface area contributed by atoms with E-state index < -0.39 is 97.5 Å². The summed E-state index contributed by atoms with van der Waals surface area (Å²) in [5, 5.41) is 10.6. The lowest BCUT2D eigenvalue weighted by Crippen LogP contribution is -2.30. The van der Waals surface area contributed by atoms with E-state index in [1.165, 1.54) is 244 Å². The summed E-state index contributed by atoms with van der Waals surface area (Å²) in [5.74, 6) is -1.30. The Hall–Kier alpha value is -1.94. The highest BCUT2D eigenvalue weighted by Crippen LogP contribution is 2.45. The second kappa shape index (κ2) is 73.0. The number of phosphoric acid groups is 2. The van der Waals surface area contributed by atoms with Crippen LogP contribution in [0.25, 0.3) is 0 Å². The number of hydrogen-bond donors (Lipinski definition) is 3. The zero-order chi connectivity index (χ0) is 72.7. The van der Waals surface area contributed by atoms with Crippen molar-refractivity contribution in [1.82, 2.24) is 0 Å². The van der Waals surface area contributed by atoms with Crippen LogP contribution in [0.4, 0.5) is 0 Å². The molecule has 5 atom stereocenters. The molecule has 0 spiro atoms. The third-order valence-corrected chi connectivity index (χ3v) is 20.7. The van der Waals surface area contributed by atoms with Gasteiger partial charge >= 0.3 is 39.5 Å². The van der Waals surface area contributed by atoms with Crippen molar-refractivity contribution in [1.29, 1.82) is 0 Å². The van der Waals surface area contributed by atoms with Crippen LogP contribution in [0.5, 0.6) is 0 Å². The highest BCUT2D eigenvalue weighted by Gasteiger charge is 2.30. The van der Waals surface area contributed by atoms with Gasteiger partial charge in [-0.05, 0) is 31.6 Å². The van der Waals surface area contributed by atoms with Crippen molar-refractivity contribution in [2.24, 2.45) is 5.92 Å². The van der Waals surface area contributed by atoms with E-state index in [1.54, 1.807) is 0 Å². The maximum atomic E-state index is 13.1. The topological polar surface area (TPSA) is 237 Å². The Balaban J connectivity index is 5.19. The van der Waals surface area contributed by atoms with E-state index in [0.717, 1.165) is 102 Å². The number of unbranched alkanes of at least 4 members (excludes halogenated alkanes) is 52. The third kappa shape index (κ3) is 74.1. The van der Waals surface area contributed by atoms with Gasteiger partial charge in [0.2, 0.25) is 0 Å². The van der Waals surface area contributed by atoms with Crippen molar-refractivity contribution in [2.75, 3.05) is 39.6 Å². The molecule has 0 heterocycles. The predicted octanol–water partition coefficient (Wildman–Crippen LogP) is 24.0. The molecular weight excluding hydrogens is 1290 g/mol. The van der Waals surface area contributed by atoms with E-state index in [9.17, 15) is 43.2 Å². The van der Waals surface area contributed by atoms with Crippen LogP contribution < -0.4 is 0 Å². The molecule has 0 rings (SSSR count). The van der Waals surface area contributed by atoms with Gasteiger partial charge in [0.15, 0.2) is 12.2 Å². The first-order valence-electron chi connectivity index (χ1n) is 41.6. The average Bonchev–Trinajstić information content (AvgIpc) is 1.62. The number of esters is 4. The lowest BCUT2D eigenvalue weighted by atomic mass is 10.0. The zero-order valence-corrected chi connectivity index (χ0v) is 66.4. The lowest BCUT2D eigenvalue weighted by Gasteiger charge is -2.21. The van der Waals surface area contributed by atoms with Crippen molar-refractivity contribution in [2.45, 2.75) is 445 Å². The number of rotatable bonds is 80. The average molecular weight is 1450 g/mol. The summed E-state index contributed by atoms with van der Waals surface area (Å²) in [5.41, 5.74) is 0. The Morgan fingerprint density at radius 3 is 0.687 bits per heavy atom. The van der Waals surface area contributed by atoms with Gasteiger partial charge in [-0.2, -0.15) is 0 Å². The van der Waals surface area contributed by atoms with Crippen molar-refractivity contribution in [3.63, 3.8) is 0 Å². The molecule has 0 amide bonds. The van der Waals surface area contributed by atoms with Crippen molar-refractivity contribution in [3.05, 3.63) is 0 Å². The molecule has 3 N–H and O–H groups in total. The molecule has 588 valence electrons. The maximum Gasteiger partial charge on any atom is 0.472 e. The van der Waals surface area contributed by atoms with Crippen LogP contribution in [0.2, 0.25) is 0 Å². The Morgan fingerprint density at radius 1 is 0.273 bits per heavy atom. The monoisotopic (exact) mass is 1450 g/mol. The summed E-state index contributed by atoms with van der Waals surface area (Å²) in [6, 6.07) is 0. The second-order valence-electron chi connectivity index (χ2n) is 29.3. The number of carbonyl (C=O) groups excluding carboxylic acids is 4. The number of aliphatic hydroxyl groups excluding tert-OH is 1. The molecule has 0 aliphatic rings. The highest BCUT2D eigenvalue weighted by atomic mass is 31.2. The minimum absolute atomic E-state index is 0.108. The van der Waals surface area contributed by atoms with Crippen LogP contribution in [0.3, 0.4) is 0 Å². The third-order valence-electron chi connectivity index (χ3n) is 18.8. The summed E-state index contributed by atoms with van der Waals surface area (Å²) in [6.45, 7) is 7.33. The molecule has 0 aromatic rings. The minimum Gasteiger partial charge on any atom is -0.462 e. The molecule has 0 bridgehead atoms. The summed E-state index contributed by atoms with van der Waals surface area (Å²) < 4.78 is 68.6.